The first-order chi connectivity index (χ1) is 13.6. The van der Waals surface area contributed by atoms with Gasteiger partial charge < -0.3 is 15.0 Å². The third kappa shape index (κ3) is 4.11. The molecule has 0 unspecified atom stereocenters. The molecule has 1 amide bonds. The van der Waals surface area contributed by atoms with Crippen LogP contribution in [0.5, 0.6) is 0 Å². The molecular weight excluding hydrogens is 356 g/mol. The minimum atomic E-state index is -0.210. The maximum Gasteiger partial charge on any atom is 0.257 e. The van der Waals surface area contributed by atoms with Crippen LogP contribution in [0.3, 0.4) is 0 Å². The largest absolute Gasteiger partial charge is 0.379 e. The lowest BCUT2D eigenvalue weighted by molar-refractivity contribution is 0.0341. The van der Waals surface area contributed by atoms with Gasteiger partial charge in [-0.15, -0.1) is 0 Å². The molecule has 1 saturated heterocycles. The van der Waals surface area contributed by atoms with E-state index in [1.165, 1.54) is 0 Å². The molecule has 1 aliphatic rings. The maximum absolute atomic E-state index is 12.7. The van der Waals surface area contributed by atoms with Crippen molar-refractivity contribution in [2.45, 2.75) is 13.5 Å². The number of aromatic nitrogens is 2. The van der Waals surface area contributed by atoms with Crippen molar-refractivity contribution < 1.29 is 9.53 Å². The molecule has 1 aromatic carbocycles. The van der Waals surface area contributed by atoms with Crippen LogP contribution in [-0.2, 0) is 11.3 Å². The molecule has 0 saturated carbocycles. The number of nitrogens with zero attached hydrogens (tertiary/aromatic N) is 2. The molecule has 144 valence electrons. The quantitative estimate of drug-likeness (QED) is 0.728. The van der Waals surface area contributed by atoms with Gasteiger partial charge in [0.05, 0.1) is 18.8 Å². The van der Waals surface area contributed by atoms with Crippen LogP contribution < -0.4 is 10.9 Å². The Morgan fingerprint density at radius 2 is 2.04 bits per heavy atom. The van der Waals surface area contributed by atoms with Gasteiger partial charge in [-0.1, -0.05) is 0 Å². The fourth-order valence-electron chi connectivity index (χ4n) is 3.42. The summed E-state index contributed by atoms with van der Waals surface area (Å²) < 4.78 is 5.37. The lowest BCUT2D eigenvalue weighted by Crippen LogP contribution is -2.35. The van der Waals surface area contributed by atoms with Crippen molar-refractivity contribution in [3.8, 4) is 0 Å². The Labute approximate surface area is 162 Å². The van der Waals surface area contributed by atoms with Crippen molar-refractivity contribution in [1.29, 1.82) is 0 Å². The molecule has 28 heavy (non-hydrogen) atoms. The summed E-state index contributed by atoms with van der Waals surface area (Å²) in [7, 11) is 0. The molecule has 3 aromatic rings. The third-order valence-corrected chi connectivity index (χ3v) is 4.87. The van der Waals surface area contributed by atoms with E-state index in [9.17, 15) is 9.59 Å². The summed E-state index contributed by atoms with van der Waals surface area (Å²) in [5.41, 5.74) is 3.67. The molecule has 2 N–H and O–H groups in total. The Morgan fingerprint density at radius 3 is 2.86 bits per heavy atom. The molecule has 0 atom stereocenters. The van der Waals surface area contributed by atoms with Crippen LogP contribution in [0, 0.1) is 6.92 Å². The zero-order chi connectivity index (χ0) is 19.5. The Kier molecular flexibility index (Phi) is 5.18. The van der Waals surface area contributed by atoms with Gasteiger partial charge in [0.15, 0.2) is 0 Å². The highest BCUT2D eigenvalue weighted by molar-refractivity contribution is 6.05. The molecule has 0 aliphatic carbocycles. The van der Waals surface area contributed by atoms with Gasteiger partial charge in [0.2, 0.25) is 5.56 Å². The molecule has 7 nitrogen and oxygen atoms in total. The second-order valence-corrected chi connectivity index (χ2v) is 7.00. The fraction of sp³-hybridized carbons (Fsp3) is 0.286. The molecule has 0 spiro atoms. The van der Waals surface area contributed by atoms with E-state index in [0.717, 1.165) is 54.9 Å². The minimum Gasteiger partial charge on any atom is -0.379 e. The Bertz CT molecular complexity index is 1070. The monoisotopic (exact) mass is 378 g/mol. The van der Waals surface area contributed by atoms with Gasteiger partial charge in [-0.3, -0.25) is 19.5 Å². The number of ether oxygens (including phenoxy) is 1. The number of anilines is 1. The Morgan fingerprint density at radius 1 is 1.21 bits per heavy atom. The van der Waals surface area contributed by atoms with Gasteiger partial charge in [0.1, 0.15) is 0 Å². The number of H-pyrrole nitrogens is 1. The van der Waals surface area contributed by atoms with Crippen LogP contribution in [0.1, 0.15) is 21.5 Å². The van der Waals surface area contributed by atoms with Crippen LogP contribution in [-0.4, -0.2) is 47.1 Å². The predicted octanol–water partition coefficient (Wildman–Crippen LogP) is 2.32. The zero-order valence-corrected chi connectivity index (χ0v) is 15.7. The SMILES string of the molecule is Cc1cc(=O)[nH]c2ccc(NC(=O)c3cncc(CN4CCOCC4)c3)cc12. The predicted molar refractivity (Wildman–Crippen MR) is 108 cm³/mol. The van der Waals surface area contributed by atoms with Crippen LogP contribution in [0.25, 0.3) is 10.9 Å². The summed E-state index contributed by atoms with van der Waals surface area (Å²) >= 11 is 0. The first kappa shape index (κ1) is 18.3. The number of pyridine rings is 2. The second-order valence-electron chi connectivity index (χ2n) is 7.00. The molecule has 3 heterocycles. The van der Waals surface area contributed by atoms with Crippen molar-refractivity contribution in [3.63, 3.8) is 0 Å². The average molecular weight is 378 g/mol. The van der Waals surface area contributed by atoms with Crippen molar-refractivity contribution >= 4 is 22.5 Å². The Hall–Kier alpha value is -3.03. The average Bonchev–Trinajstić information content (AvgIpc) is 2.69. The highest BCUT2D eigenvalue weighted by Gasteiger charge is 2.13. The van der Waals surface area contributed by atoms with Crippen molar-refractivity contribution in [1.82, 2.24) is 14.9 Å². The molecule has 1 aliphatic heterocycles. The molecule has 0 bridgehead atoms. The number of hydrogen-bond donors (Lipinski definition) is 2. The van der Waals surface area contributed by atoms with Crippen LogP contribution in [0.2, 0.25) is 0 Å². The van der Waals surface area contributed by atoms with E-state index in [1.807, 2.05) is 19.1 Å². The molecule has 0 radical (unpaired) electrons. The lowest BCUT2D eigenvalue weighted by Gasteiger charge is -2.26. The van der Waals surface area contributed by atoms with E-state index >= 15 is 0 Å². The van der Waals surface area contributed by atoms with Gasteiger partial charge in [0.25, 0.3) is 5.91 Å². The highest BCUT2D eigenvalue weighted by Crippen LogP contribution is 2.20. The standard InChI is InChI=1S/C21H22N4O3/c1-14-8-20(26)24-19-3-2-17(10-18(14)19)23-21(27)16-9-15(11-22-12-16)13-25-4-6-28-7-5-25/h2-3,8-12H,4-7,13H2,1H3,(H,23,27)(H,24,26). The summed E-state index contributed by atoms with van der Waals surface area (Å²) in [4.78, 5) is 33.6. The molecule has 7 heteroatoms. The second kappa shape index (κ2) is 7.92. The number of nitrogens with one attached hydrogen (secondary N) is 2. The molecule has 2 aromatic heterocycles. The van der Waals surface area contributed by atoms with E-state index in [-0.39, 0.29) is 11.5 Å². The number of carbonyl (C=O) groups is 1. The van der Waals surface area contributed by atoms with Gasteiger partial charge in [-0.2, -0.15) is 0 Å². The normalized spacial score (nSPS) is 14.9. The molecular formula is C21H22N4O3. The number of aromatic amines is 1. The first-order valence-corrected chi connectivity index (χ1v) is 9.27. The zero-order valence-electron chi connectivity index (χ0n) is 15.7. The first-order valence-electron chi connectivity index (χ1n) is 9.27. The van der Waals surface area contributed by atoms with Crippen molar-refractivity contribution in [2.75, 3.05) is 31.6 Å². The lowest BCUT2D eigenvalue weighted by atomic mass is 10.1. The van der Waals surface area contributed by atoms with Gasteiger partial charge in [-0.05, 0) is 42.3 Å². The van der Waals surface area contributed by atoms with E-state index in [4.69, 9.17) is 4.74 Å². The highest BCUT2D eigenvalue weighted by atomic mass is 16.5. The third-order valence-electron chi connectivity index (χ3n) is 4.87. The number of morpholine rings is 1. The number of carbonyl (C=O) groups excluding carboxylic acids is 1. The molecule has 4 rings (SSSR count). The van der Waals surface area contributed by atoms with Gasteiger partial charge in [0, 0.05) is 54.7 Å². The summed E-state index contributed by atoms with van der Waals surface area (Å²) in [5, 5.41) is 3.82. The topological polar surface area (TPSA) is 87.3 Å². The number of aryl methyl sites for hydroxylation is 1. The number of hydrogen-bond acceptors (Lipinski definition) is 5. The van der Waals surface area contributed by atoms with E-state index in [2.05, 4.69) is 20.2 Å². The Balaban J connectivity index is 1.51. The maximum atomic E-state index is 12.7. The number of benzene rings is 1. The van der Waals surface area contributed by atoms with E-state index in [1.54, 1.807) is 30.6 Å². The number of rotatable bonds is 4. The van der Waals surface area contributed by atoms with Crippen LogP contribution in [0.15, 0.2) is 47.5 Å². The van der Waals surface area contributed by atoms with Gasteiger partial charge >= 0.3 is 0 Å². The number of fused-ring (bicyclic) bond motifs is 1. The van der Waals surface area contributed by atoms with Crippen molar-refractivity contribution in [3.05, 3.63) is 69.8 Å². The van der Waals surface area contributed by atoms with Crippen molar-refractivity contribution in [2.24, 2.45) is 0 Å². The van der Waals surface area contributed by atoms with E-state index in [0.29, 0.717) is 11.3 Å². The summed E-state index contributed by atoms with van der Waals surface area (Å²) in [6.45, 7) is 5.87. The summed E-state index contributed by atoms with van der Waals surface area (Å²) in [6.07, 6.45) is 3.36. The van der Waals surface area contributed by atoms with Crippen LogP contribution >= 0.6 is 0 Å². The minimum absolute atomic E-state index is 0.134. The van der Waals surface area contributed by atoms with Gasteiger partial charge in [-0.25, -0.2) is 0 Å². The fourth-order valence-corrected chi connectivity index (χ4v) is 3.42. The van der Waals surface area contributed by atoms with Crippen LogP contribution in [0.4, 0.5) is 5.69 Å². The summed E-state index contributed by atoms with van der Waals surface area (Å²) in [5.74, 6) is -0.210. The number of amides is 1. The van der Waals surface area contributed by atoms with E-state index < -0.39 is 0 Å². The smallest absolute Gasteiger partial charge is 0.257 e. The molecule has 1 fully saturated rings. The summed E-state index contributed by atoms with van der Waals surface area (Å²) in [6, 6.07) is 8.87.